The number of carbonyl (C=O) groups is 1. The Kier molecular flexibility index (Phi) is 3.95. The second-order valence-electron chi connectivity index (χ2n) is 6.06. The van der Waals surface area contributed by atoms with Crippen molar-refractivity contribution >= 4 is 5.91 Å². The number of hydrogen-bond donors (Lipinski definition) is 1. The van der Waals surface area contributed by atoms with Gasteiger partial charge in [-0.05, 0) is 36.0 Å². The lowest BCUT2D eigenvalue weighted by molar-refractivity contribution is -0.0190. The van der Waals surface area contributed by atoms with Gasteiger partial charge in [0.05, 0.1) is 6.10 Å². The van der Waals surface area contributed by atoms with Crippen LogP contribution in [0.1, 0.15) is 43.1 Å². The molecule has 1 amide bonds. The average Bonchev–Trinajstić information content (AvgIpc) is 2.41. The number of rotatable bonds is 2. The summed E-state index contributed by atoms with van der Waals surface area (Å²) in [6.45, 7) is 7.35. The van der Waals surface area contributed by atoms with E-state index in [0.29, 0.717) is 12.1 Å². The van der Waals surface area contributed by atoms with Crippen molar-refractivity contribution in [3.8, 4) is 0 Å². The highest BCUT2D eigenvalue weighted by Crippen LogP contribution is 2.30. The van der Waals surface area contributed by atoms with Gasteiger partial charge < -0.3 is 10.0 Å². The summed E-state index contributed by atoms with van der Waals surface area (Å²) in [4.78, 5) is 14.1. The summed E-state index contributed by atoms with van der Waals surface area (Å²) in [7, 11) is 0. The number of benzene rings is 1. The largest absolute Gasteiger partial charge is 0.391 e. The lowest BCUT2D eigenvalue weighted by atomic mass is 9.80. The minimum Gasteiger partial charge on any atom is -0.391 e. The standard InChI is InChI=1S/C16H23NO2/c1-4-12-5-7-13(8-6-12)15(19)17-10-9-16(2,3)14(18)11-17/h5-8,14,18H,4,9-11H2,1-3H3. The zero-order valence-corrected chi connectivity index (χ0v) is 12.0. The number of amides is 1. The molecule has 0 radical (unpaired) electrons. The maximum atomic E-state index is 12.4. The molecule has 1 heterocycles. The van der Waals surface area contributed by atoms with E-state index in [1.165, 1.54) is 5.56 Å². The summed E-state index contributed by atoms with van der Waals surface area (Å²) in [6, 6.07) is 7.76. The van der Waals surface area contributed by atoms with Crippen molar-refractivity contribution in [1.29, 1.82) is 0 Å². The molecule has 2 rings (SSSR count). The zero-order valence-electron chi connectivity index (χ0n) is 12.0. The van der Waals surface area contributed by atoms with Crippen LogP contribution in [0.15, 0.2) is 24.3 Å². The molecule has 3 heteroatoms. The smallest absolute Gasteiger partial charge is 0.253 e. The molecule has 0 bridgehead atoms. The number of β-amino-alcohol motifs (C(OH)–C–C–N with tert-alkyl or cyclic N) is 1. The monoisotopic (exact) mass is 261 g/mol. The van der Waals surface area contributed by atoms with Gasteiger partial charge in [0, 0.05) is 18.7 Å². The molecule has 1 aliphatic heterocycles. The highest BCUT2D eigenvalue weighted by molar-refractivity contribution is 5.94. The highest BCUT2D eigenvalue weighted by atomic mass is 16.3. The number of aryl methyl sites for hydroxylation is 1. The first-order chi connectivity index (χ1) is 8.94. The molecular formula is C16H23NO2. The van der Waals surface area contributed by atoms with Crippen molar-refractivity contribution in [2.45, 2.75) is 39.7 Å². The second-order valence-corrected chi connectivity index (χ2v) is 6.06. The van der Waals surface area contributed by atoms with Crippen LogP contribution in [-0.4, -0.2) is 35.1 Å². The number of carbonyl (C=O) groups excluding carboxylic acids is 1. The molecule has 0 aliphatic carbocycles. The molecule has 1 aliphatic rings. The van der Waals surface area contributed by atoms with E-state index < -0.39 is 6.10 Å². The molecule has 0 spiro atoms. The minimum atomic E-state index is -0.444. The van der Waals surface area contributed by atoms with Crippen LogP contribution in [0.5, 0.6) is 0 Å². The Balaban J connectivity index is 2.08. The molecule has 1 fully saturated rings. The van der Waals surface area contributed by atoms with E-state index in [9.17, 15) is 9.90 Å². The summed E-state index contributed by atoms with van der Waals surface area (Å²) >= 11 is 0. The summed E-state index contributed by atoms with van der Waals surface area (Å²) in [5.74, 6) is 0.0252. The van der Waals surface area contributed by atoms with Gasteiger partial charge in [0.15, 0.2) is 0 Å². The lowest BCUT2D eigenvalue weighted by Crippen LogP contribution is -2.50. The quantitative estimate of drug-likeness (QED) is 0.888. The summed E-state index contributed by atoms with van der Waals surface area (Å²) in [5, 5.41) is 10.1. The third-order valence-electron chi connectivity index (χ3n) is 4.22. The van der Waals surface area contributed by atoms with Gasteiger partial charge in [-0.15, -0.1) is 0 Å². The number of hydrogen-bond acceptors (Lipinski definition) is 2. The van der Waals surface area contributed by atoms with Crippen LogP contribution in [0.4, 0.5) is 0 Å². The fourth-order valence-electron chi connectivity index (χ4n) is 2.39. The predicted molar refractivity (Wildman–Crippen MR) is 76.1 cm³/mol. The second kappa shape index (κ2) is 5.33. The van der Waals surface area contributed by atoms with Gasteiger partial charge in [-0.25, -0.2) is 0 Å². The van der Waals surface area contributed by atoms with Gasteiger partial charge in [-0.2, -0.15) is 0 Å². The molecular weight excluding hydrogens is 238 g/mol. The fourth-order valence-corrected chi connectivity index (χ4v) is 2.39. The topological polar surface area (TPSA) is 40.5 Å². The van der Waals surface area contributed by atoms with Crippen molar-refractivity contribution in [2.24, 2.45) is 5.41 Å². The molecule has 1 aromatic carbocycles. The number of piperidine rings is 1. The number of nitrogens with zero attached hydrogens (tertiary/aromatic N) is 1. The van der Waals surface area contributed by atoms with E-state index >= 15 is 0 Å². The van der Waals surface area contributed by atoms with Crippen LogP contribution >= 0.6 is 0 Å². The van der Waals surface area contributed by atoms with Crippen LogP contribution in [0.25, 0.3) is 0 Å². The normalized spacial score (nSPS) is 22.3. The number of aliphatic hydroxyl groups is 1. The summed E-state index contributed by atoms with van der Waals surface area (Å²) in [5.41, 5.74) is 1.85. The van der Waals surface area contributed by atoms with Gasteiger partial charge in [-0.1, -0.05) is 32.9 Å². The van der Waals surface area contributed by atoms with E-state index in [1.54, 1.807) is 4.90 Å². The average molecular weight is 261 g/mol. The van der Waals surface area contributed by atoms with Crippen LogP contribution < -0.4 is 0 Å². The Morgan fingerprint density at radius 2 is 2.00 bits per heavy atom. The Hall–Kier alpha value is -1.35. The third kappa shape index (κ3) is 2.98. The molecule has 1 N–H and O–H groups in total. The molecule has 0 saturated carbocycles. The van der Waals surface area contributed by atoms with Crippen LogP contribution in [0, 0.1) is 5.41 Å². The van der Waals surface area contributed by atoms with E-state index in [4.69, 9.17) is 0 Å². The van der Waals surface area contributed by atoms with Crippen LogP contribution in [0.3, 0.4) is 0 Å². The molecule has 3 nitrogen and oxygen atoms in total. The SMILES string of the molecule is CCc1ccc(C(=O)N2CCC(C)(C)C(O)C2)cc1. The first kappa shape index (κ1) is 14.1. The maximum absolute atomic E-state index is 12.4. The molecule has 1 atom stereocenters. The summed E-state index contributed by atoms with van der Waals surface area (Å²) in [6.07, 6.45) is 1.37. The molecule has 19 heavy (non-hydrogen) atoms. The van der Waals surface area contributed by atoms with Crippen molar-refractivity contribution < 1.29 is 9.90 Å². The zero-order chi connectivity index (χ0) is 14.0. The Bertz CT molecular complexity index is 450. The van der Waals surface area contributed by atoms with Crippen LogP contribution in [0.2, 0.25) is 0 Å². The summed E-state index contributed by atoms with van der Waals surface area (Å²) < 4.78 is 0. The van der Waals surface area contributed by atoms with Gasteiger partial charge in [0.25, 0.3) is 5.91 Å². The molecule has 0 aromatic heterocycles. The first-order valence-corrected chi connectivity index (χ1v) is 7.00. The Labute approximate surface area is 115 Å². The van der Waals surface area contributed by atoms with Gasteiger partial charge >= 0.3 is 0 Å². The van der Waals surface area contributed by atoms with Crippen molar-refractivity contribution in [3.05, 3.63) is 35.4 Å². The maximum Gasteiger partial charge on any atom is 0.253 e. The first-order valence-electron chi connectivity index (χ1n) is 7.00. The van der Waals surface area contributed by atoms with Crippen molar-refractivity contribution in [3.63, 3.8) is 0 Å². The van der Waals surface area contributed by atoms with E-state index in [0.717, 1.165) is 19.4 Å². The number of likely N-dealkylation sites (tertiary alicyclic amines) is 1. The Morgan fingerprint density at radius 1 is 1.37 bits per heavy atom. The van der Waals surface area contributed by atoms with Gasteiger partial charge in [0.1, 0.15) is 0 Å². The molecule has 104 valence electrons. The molecule has 1 saturated heterocycles. The predicted octanol–water partition coefficient (Wildman–Crippen LogP) is 2.48. The molecule has 1 aromatic rings. The van der Waals surface area contributed by atoms with E-state index in [2.05, 4.69) is 20.8 Å². The number of aliphatic hydroxyl groups excluding tert-OH is 1. The highest BCUT2D eigenvalue weighted by Gasteiger charge is 2.35. The van der Waals surface area contributed by atoms with E-state index in [-0.39, 0.29) is 11.3 Å². The minimum absolute atomic E-state index is 0.0252. The lowest BCUT2D eigenvalue weighted by Gasteiger charge is -2.41. The van der Waals surface area contributed by atoms with Crippen LogP contribution in [-0.2, 0) is 6.42 Å². The van der Waals surface area contributed by atoms with Gasteiger partial charge in [0.2, 0.25) is 0 Å². The Morgan fingerprint density at radius 3 is 2.53 bits per heavy atom. The van der Waals surface area contributed by atoms with E-state index in [1.807, 2.05) is 24.3 Å². The van der Waals surface area contributed by atoms with Crippen molar-refractivity contribution in [2.75, 3.05) is 13.1 Å². The van der Waals surface area contributed by atoms with Gasteiger partial charge in [-0.3, -0.25) is 4.79 Å². The fraction of sp³-hybridized carbons (Fsp3) is 0.562. The third-order valence-corrected chi connectivity index (χ3v) is 4.22. The van der Waals surface area contributed by atoms with Crippen molar-refractivity contribution in [1.82, 2.24) is 4.90 Å². The molecule has 1 unspecified atom stereocenters.